The summed E-state index contributed by atoms with van der Waals surface area (Å²) in [5.41, 5.74) is 2.91. The molecule has 0 saturated carbocycles. The van der Waals surface area contributed by atoms with Crippen LogP contribution in [0.2, 0.25) is 5.02 Å². The minimum atomic E-state index is -3.54. The van der Waals surface area contributed by atoms with Crippen LogP contribution in [0.4, 0.5) is 0 Å². The summed E-state index contributed by atoms with van der Waals surface area (Å²) in [5.74, 6) is -0.177. The van der Waals surface area contributed by atoms with Gasteiger partial charge >= 0.3 is 0 Å². The van der Waals surface area contributed by atoms with Gasteiger partial charge in [0, 0.05) is 24.3 Å². The van der Waals surface area contributed by atoms with E-state index in [9.17, 15) is 8.42 Å². The Hall–Kier alpha value is -2.66. The van der Waals surface area contributed by atoms with E-state index in [0.717, 1.165) is 11.1 Å². The summed E-state index contributed by atoms with van der Waals surface area (Å²) >= 11 is 5.92. The van der Waals surface area contributed by atoms with Crippen molar-refractivity contribution in [3.63, 3.8) is 0 Å². The SMILES string of the molecule is N#Cc1ccc(Cn2cncc2CS(=O)(=O)NCc2cccc(Cl)c2)cc1. The first-order valence-corrected chi connectivity index (χ1v) is 10.2. The average Bonchev–Trinajstić information content (AvgIpc) is 3.07. The molecule has 3 rings (SSSR count). The average molecular weight is 401 g/mol. The highest BCUT2D eigenvalue weighted by Gasteiger charge is 2.15. The fraction of sp³-hybridized carbons (Fsp3) is 0.158. The maximum absolute atomic E-state index is 12.4. The monoisotopic (exact) mass is 400 g/mol. The van der Waals surface area contributed by atoms with E-state index in [0.29, 0.717) is 22.8 Å². The van der Waals surface area contributed by atoms with E-state index < -0.39 is 10.0 Å². The number of aromatic nitrogens is 2. The third-order valence-corrected chi connectivity index (χ3v) is 5.45. The summed E-state index contributed by atoms with van der Waals surface area (Å²) in [6.45, 7) is 0.650. The molecule has 0 radical (unpaired) electrons. The highest BCUT2D eigenvalue weighted by molar-refractivity contribution is 7.88. The standard InChI is InChI=1S/C19H17ClN4O2S/c20-18-3-1-2-17(8-18)10-23-27(25,26)13-19-11-22-14-24(19)12-16-6-4-15(9-21)5-7-16/h1-8,11,14,23H,10,12-13H2. The molecule has 3 aromatic rings. The van der Waals surface area contributed by atoms with Gasteiger partial charge in [-0.15, -0.1) is 0 Å². The maximum Gasteiger partial charge on any atom is 0.217 e. The molecule has 27 heavy (non-hydrogen) atoms. The van der Waals surface area contributed by atoms with Gasteiger partial charge in [-0.1, -0.05) is 35.9 Å². The summed E-state index contributed by atoms with van der Waals surface area (Å²) in [6.07, 6.45) is 3.14. The van der Waals surface area contributed by atoms with Crippen molar-refractivity contribution >= 4 is 21.6 Å². The fourth-order valence-electron chi connectivity index (χ4n) is 2.58. The van der Waals surface area contributed by atoms with Gasteiger partial charge in [-0.2, -0.15) is 5.26 Å². The van der Waals surface area contributed by atoms with E-state index in [-0.39, 0.29) is 12.3 Å². The summed E-state index contributed by atoms with van der Waals surface area (Å²) < 4.78 is 29.2. The number of nitrogens with zero attached hydrogens (tertiary/aromatic N) is 3. The number of nitrogens with one attached hydrogen (secondary N) is 1. The van der Waals surface area contributed by atoms with Crippen LogP contribution in [0.5, 0.6) is 0 Å². The van der Waals surface area contributed by atoms with Crippen LogP contribution in [0.3, 0.4) is 0 Å². The van der Waals surface area contributed by atoms with E-state index in [1.165, 1.54) is 0 Å². The van der Waals surface area contributed by atoms with E-state index in [2.05, 4.69) is 15.8 Å². The van der Waals surface area contributed by atoms with Gasteiger partial charge < -0.3 is 4.57 Å². The second-order valence-electron chi connectivity index (χ2n) is 6.03. The van der Waals surface area contributed by atoms with Crippen LogP contribution < -0.4 is 4.72 Å². The Balaban J connectivity index is 1.66. The molecule has 0 fully saturated rings. The topological polar surface area (TPSA) is 87.8 Å². The lowest BCUT2D eigenvalue weighted by atomic mass is 10.1. The van der Waals surface area contributed by atoms with Gasteiger partial charge in [0.1, 0.15) is 5.75 Å². The van der Waals surface area contributed by atoms with Crippen LogP contribution in [0.25, 0.3) is 0 Å². The minimum Gasteiger partial charge on any atom is -0.329 e. The highest BCUT2D eigenvalue weighted by atomic mass is 35.5. The molecule has 1 aromatic heterocycles. The van der Waals surface area contributed by atoms with Gasteiger partial charge in [0.05, 0.1) is 23.7 Å². The zero-order valence-electron chi connectivity index (χ0n) is 14.3. The third-order valence-electron chi connectivity index (χ3n) is 3.96. The van der Waals surface area contributed by atoms with Crippen molar-refractivity contribution in [3.8, 4) is 6.07 Å². The smallest absolute Gasteiger partial charge is 0.217 e. The Bertz CT molecular complexity index is 1070. The molecule has 1 heterocycles. The number of imidazole rings is 1. The molecular weight excluding hydrogens is 384 g/mol. The maximum atomic E-state index is 12.4. The van der Waals surface area contributed by atoms with E-state index in [4.69, 9.17) is 16.9 Å². The van der Waals surface area contributed by atoms with E-state index in [1.807, 2.05) is 18.2 Å². The largest absolute Gasteiger partial charge is 0.329 e. The van der Waals surface area contributed by atoms with Gasteiger partial charge in [-0.25, -0.2) is 18.1 Å². The fourth-order valence-corrected chi connectivity index (χ4v) is 3.91. The van der Waals surface area contributed by atoms with Gasteiger partial charge in [0.2, 0.25) is 10.0 Å². The molecule has 0 bridgehead atoms. The molecule has 0 aliphatic rings. The Morgan fingerprint density at radius 2 is 1.93 bits per heavy atom. The number of rotatable bonds is 7. The van der Waals surface area contributed by atoms with E-state index >= 15 is 0 Å². The molecular formula is C19H17ClN4O2S. The lowest BCUT2D eigenvalue weighted by molar-refractivity contribution is 0.578. The summed E-state index contributed by atoms with van der Waals surface area (Å²) in [7, 11) is -3.54. The zero-order chi connectivity index (χ0) is 19.3. The first-order valence-electron chi connectivity index (χ1n) is 8.15. The molecule has 0 saturated heterocycles. The van der Waals surface area contributed by atoms with Crippen LogP contribution in [-0.4, -0.2) is 18.0 Å². The second-order valence-corrected chi connectivity index (χ2v) is 8.28. The van der Waals surface area contributed by atoms with Gasteiger partial charge in [0.15, 0.2) is 0 Å². The van der Waals surface area contributed by atoms with Crippen molar-refractivity contribution in [2.75, 3.05) is 0 Å². The third kappa shape index (κ3) is 5.41. The molecule has 138 valence electrons. The lowest BCUT2D eigenvalue weighted by Gasteiger charge is -2.10. The molecule has 0 spiro atoms. The number of benzene rings is 2. The number of hydrogen-bond acceptors (Lipinski definition) is 4. The van der Waals surface area contributed by atoms with Crippen LogP contribution in [0.1, 0.15) is 22.4 Å². The second kappa shape index (κ2) is 8.35. The lowest BCUT2D eigenvalue weighted by Crippen LogP contribution is -2.25. The summed E-state index contributed by atoms with van der Waals surface area (Å²) in [6, 6.07) is 16.3. The zero-order valence-corrected chi connectivity index (χ0v) is 15.9. The summed E-state index contributed by atoms with van der Waals surface area (Å²) in [4.78, 5) is 4.07. The number of halogens is 1. The molecule has 6 nitrogen and oxygen atoms in total. The van der Waals surface area contributed by atoms with Crippen molar-refractivity contribution in [3.05, 3.63) is 88.5 Å². The Labute approximate surface area is 163 Å². The first-order chi connectivity index (χ1) is 12.9. The molecule has 8 heteroatoms. The van der Waals surface area contributed by atoms with Crippen molar-refractivity contribution in [1.29, 1.82) is 5.26 Å². The summed E-state index contributed by atoms with van der Waals surface area (Å²) in [5, 5.41) is 9.42. The van der Waals surface area contributed by atoms with Gasteiger partial charge in [0.25, 0.3) is 0 Å². The quantitative estimate of drug-likeness (QED) is 0.660. The van der Waals surface area contributed by atoms with Crippen LogP contribution in [0.15, 0.2) is 61.1 Å². The molecule has 0 unspecified atom stereocenters. The predicted molar refractivity (Wildman–Crippen MR) is 103 cm³/mol. The Morgan fingerprint density at radius 1 is 1.15 bits per heavy atom. The number of hydrogen-bond donors (Lipinski definition) is 1. The van der Waals surface area contributed by atoms with Crippen molar-refractivity contribution in [1.82, 2.24) is 14.3 Å². The van der Waals surface area contributed by atoms with Crippen LogP contribution in [0, 0.1) is 11.3 Å². The number of nitriles is 1. The normalized spacial score (nSPS) is 11.3. The first kappa shape index (κ1) is 19.1. The van der Waals surface area contributed by atoms with Gasteiger partial charge in [-0.3, -0.25) is 0 Å². The van der Waals surface area contributed by atoms with Crippen molar-refractivity contribution in [2.45, 2.75) is 18.8 Å². The van der Waals surface area contributed by atoms with Crippen LogP contribution in [-0.2, 0) is 28.9 Å². The van der Waals surface area contributed by atoms with Crippen molar-refractivity contribution < 1.29 is 8.42 Å². The molecule has 2 aromatic carbocycles. The number of sulfonamides is 1. The molecule has 0 aliphatic carbocycles. The van der Waals surface area contributed by atoms with Gasteiger partial charge in [-0.05, 0) is 35.4 Å². The Kier molecular flexibility index (Phi) is 5.91. The molecule has 1 N–H and O–H groups in total. The molecule has 0 aliphatic heterocycles. The predicted octanol–water partition coefficient (Wildman–Crippen LogP) is 3.08. The molecule has 0 atom stereocenters. The molecule has 0 amide bonds. The van der Waals surface area contributed by atoms with Crippen LogP contribution >= 0.6 is 11.6 Å². The highest BCUT2D eigenvalue weighted by Crippen LogP contribution is 2.13. The Morgan fingerprint density at radius 3 is 2.63 bits per heavy atom. The van der Waals surface area contributed by atoms with E-state index in [1.54, 1.807) is 47.4 Å². The van der Waals surface area contributed by atoms with Crippen molar-refractivity contribution in [2.24, 2.45) is 0 Å². The minimum absolute atomic E-state index is 0.173.